The van der Waals surface area contributed by atoms with Gasteiger partial charge in [0.1, 0.15) is 0 Å². The van der Waals surface area contributed by atoms with Crippen LogP contribution in [0.5, 0.6) is 0 Å². The lowest BCUT2D eigenvalue weighted by Gasteiger charge is -2.10. The van der Waals surface area contributed by atoms with E-state index in [1.807, 2.05) is 39.3 Å². The Hall–Kier alpha value is -1.09. The van der Waals surface area contributed by atoms with E-state index in [1.54, 1.807) is 4.57 Å². The van der Waals surface area contributed by atoms with Crippen molar-refractivity contribution >= 4 is 0 Å². The molecule has 0 amide bonds. The van der Waals surface area contributed by atoms with Crippen LogP contribution >= 0.6 is 0 Å². The third-order valence-corrected chi connectivity index (χ3v) is 2.21. The second-order valence-corrected chi connectivity index (χ2v) is 3.85. The monoisotopic (exact) mass is 194 g/mol. The van der Waals surface area contributed by atoms with Crippen molar-refractivity contribution in [1.29, 1.82) is 0 Å². The van der Waals surface area contributed by atoms with Crippen molar-refractivity contribution < 1.29 is 0 Å². The summed E-state index contributed by atoms with van der Waals surface area (Å²) in [6, 6.07) is 3.77. The van der Waals surface area contributed by atoms with Crippen LogP contribution in [0.3, 0.4) is 0 Å². The first-order chi connectivity index (χ1) is 6.61. The van der Waals surface area contributed by atoms with E-state index in [-0.39, 0.29) is 5.56 Å². The van der Waals surface area contributed by atoms with Crippen molar-refractivity contribution in [3.05, 3.63) is 34.2 Å². The maximum absolute atomic E-state index is 11.6. The topological polar surface area (TPSA) is 25.2 Å². The molecule has 0 saturated carbocycles. The molecule has 0 aliphatic heterocycles. The van der Waals surface area contributed by atoms with Gasteiger partial charge in [0.05, 0.1) is 0 Å². The largest absolute Gasteiger partial charge is 0.315 e. The predicted octanol–water partition coefficient (Wildman–Crippen LogP) is 1.11. The second kappa shape index (κ2) is 4.96. The van der Waals surface area contributed by atoms with Crippen LogP contribution in [0.1, 0.15) is 12.0 Å². The van der Waals surface area contributed by atoms with Gasteiger partial charge in [-0.1, -0.05) is 6.07 Å². The summed E-state index contributed by atoms with van der Waals surface area (Å²) in [6.45, 7) is 3.67. The lowest BCUT2D eigenvalue weighted by molar-refractivity contribution is 0.384. The average Bonchev–Trinajstić information content (AvgIpc) is 2.12. The van der Waals surface area contributed by atoms with Gasteiger partial charge in [-0.2, -0.15) is 0 Å². The van der Waals surface area contributed by atoms with Gasteiger partial charge in [-0.3, -0.25) is 4.79 Å². The standard InChI is InChI=1S/C11H18N2O/c1-10-6-4-8-13(11(10)14)9-5-7-12(2)3/h4,6,8H,5,7,9H2,1-3H3. The van der Waals surface area contributed by atoms with Crippen molar-refractivity contribution in [3.8, 4) is 0 Å². The predicted molar refractivity (Wildman–Crippen MR) is 58.6 cm³/mol. The Morgan fingerprint density at radius 1 is 1.43 bits per heavy atom. The Morgan fingerprint density at radius 3 is 2.79 bits per heavy atom. The van der Waals surface area contributed by atoms with Crippen molar-refractivity contribution in [2.75, 3.05) is 20.6 Å². The molecule has 0 atom stereocenters. The fraction of sp³-hybridized carbons (Fsp3) is 0.545. The van der Waals surface area contributed by atoms with Crippen LogP contribution in [-0.4, -0.2) is 30.1 Å². The number of nitrogens with zero attached hydrogens (tertiary/aromatic N) is 2. The highest BCUT2D eigenvalue weighted by Gasteiger charge is 1.98. The van der Waals surface area contributed by atoms with E-state index in [2.05, 4.69) is 4.90 Å². The van der Waals surface area contributed by atoms with Crippen LogP contribution in [0.25, 0.3) is 0 Å². The van der Waals surface area contributed by atoms with E-state index >= 15 is 0 Å². The van der Waals surface area contributed by atoms with E-state index in [9.17, 15) is 4.79 Å². The first-order valence-electron chi connectivity index (χ1n) is 4.92. The Bertz CT molecular complexity index is 341. The van der Waals surface area contributed by atoms with E-state index < -0.39 is 0 Å². The molecule has 0 aromatic carbocycles. The van der Waals surface area contributed by atoms with Gasteiger partial charge in [0, 0.05) is 18.3 Å². The van der Waals surface area contributed by atoms with Gasteiger partial charge in [0.2, 0.25) is 0 Å². The van der Waals surface area contributed by atoms with Gasteiger partial charge < -0.3 is 9.47 Å². The summed E-state index contributed by atoms with van der Waals surface area (Å²) in [7, 11) is 4.08. The number of pyridine rings is 1. The highest BCUT2D eigenvalue weighted by molar-refractivity contribution is 5.07. The quantitative estimate of drug-likeness (QED) is 0.717. The van der Waals surface area contributed by atoms with Crippen LogP contribution in [-0.2, 0) is 6.54 Å². The number of aryl methyl sites for hydroxylation is 2. The fourth-order valence-corrected chi connectivity index (χ4v) is 1.39. The second-order valence-electron chi connectivity index (χ2n) is 3.85. The van der Waals surface area contributed by atoms with Crippen LogP contribution in [0.15, 0.2) is 23.1 Å². The molecule has 0 radical (unpaired) electrons. The zero-order chi connectivity index (χ0) is 10.6. The molecule has 0 unspecified atom stereocenters. The lowest BCUT2D eigenvalue weighted by atomic mass is 10.3. The molecule has 14 heavy (non-hydrogen) atoms. The van der Waals surface area contributed by atoms with Crippen LogP contribution < -0.4 is 5.56 Å². The molecular weight excluding hydrogens is 176 g/mol. The molecule has 0 spiro atoms. The molecule has 1 heterocycles. The maximum Gasteiger partial charge on any atom is 0.253 e. The van der Waals surface area contributed by atoms with E-state index in [0.717, 1.165) is 25.1 Å². The summed E-state index contributed by atoms with van der Waals surface area (Å²) >= 11 is 0. The Kier molecular flexibility index (Phi) is 3.89. The highest BCUT2D eigenvalue weighted by atomic mass is 16.1. The number of hydrogen-bond donors (Lipinski definition) is 0. The van der Waals surface area contributed by atoms with Crippen LogP contribution in [0.2, 0.25) is 0 Å². The fourth-order valence-electron chi connectivity index (χ4n) is 1.39. The molecule has 0 fully saturated rings. The molecule has 1 rings (SSSR count). The molecule has 3 nitrogen and oxygen atoms in total. The number of rotatable bonds is 4. The van der Waals surface area contributed by atoms with Gasteiger partial charge >= 0.3 is 0 Å². The summed E-state index contributed by atoms with van der Waals surface area (Å²) in [6.07, 6.45) is 2.86. The van der Waals surface area contributed by atoms with Crippen LogP contribution in [0.4, 0.5) is 0 Å². The van der Waals surface area contributed by atoms with Crippen LogP contribution in [0, 0.1) is 6.92 Å². The summed E-state index contributed by atoms with van der Waals surface area (Å²) < 4.78 is 1.78. The molecule has 1 aromatic rings. The van der Waals surface area contributed by atoms with E-state index in [0.29, 0.717) is 0 Å². The first kappa shape index (κ1) is 11.0. The zero-order valence-electron chi connectivity index (χ0n) is 9.16. The lowest BCUT2D eigenvalue weighted by Crippen LogP contribution is -2.23. The smallest absolute Gasteiger partial charge is 0.253 e. The van der Waals surface area contributed by atoms with Gasteiger partial charge in [-0.25, -0.2) is 0 Å². The minimum atomic E-state index is 0.131. The minimum Gasteiger partial charge on any atom is -0.315 e. The first-order valence-corrected chi connectivity index (χ1v) is 4.92. The third kappa shape index (κ3) is 3.00. The molecular formula is C11H18N2O. The Balaban J connectivity index is 2.59. The molecule has 78 valence electrons. The molecule has 1 aromatic heterocycles. The normalized spacial score (nSPS) is 10.9. The van der Waals surface area contributed by atoms with Gasteiger partial charge in [0.15, 0.2) is 0 Å². The molecule has 0 saturated heterocycles. The Labute approximate surface area is 85.0 Å². The van der Waals surface area contributed by atoms with Gasteiger partial charge in [-0.15, -0.1) is 0 Å². The molecule has 0 N–H and O–H groups in total. The number of aromatic nitrogens is 1. The molecule has 0 bridgehead atoms. The average molecular weight is 194 g/mol. The minimum absolute atomic E-state index is 0.131. The third-order valence-electron chi connectivity index (χ3n) is 2.21. The molecule has 0 aliphatic rings. The SMILES string of the molecule is Cc1cccn(CCCN(C)C)c1=O. The van der Waals surface area contributed by atoms with Gasteiger partial charge in [-0.05, 0) is 40.1 Å². The summed E-state index contributed by atoms with van der Waals surface area (Å²) in [4.78, 5) is 13.7. The zero-order valence-corrected chi connectivity index (χ0v) is 9.16. The highest BCUT2D eigenvalue weighted by Crippen LogP contribution is 1.92. The number of hydrogen-bond acceptors (Lipinski definition) is 2. The van der Waals surface area contributed by atoms with Crippen molar-refractivity contribution in [1.82, 2.24) is 9.47 Å². The maximum atomic E-state index is 11.6. The molecule has 0 aliphatic carbocycles. The summed E-state index contributed by atoms with van der Waals surface area (Å²) in [5, 5.41) is 0. The summed E-state index contributed by atoms with van der Waals surface area (Å²) in [5.41, 5.74) is 0.948. The van der Waals surface area contributed by atoms with E-state index in [4.69, 9.17) is 0 Å². The van der Waals surface area contributed by atoms with Crippen molar-refractivity contribution in [2.45, 2.75) is 19.9 Å². The van der Waals surface area contributed by atoms with E-state index in [1.165, 1.54) is 0 Å². The molecule has 3 heteroatoms. The van der Waals surface area contributed by atoms with Gasteiger partial charge in [0.25, 0.3) is 5.56 Å². The Morgan fingerprint density at radius 2 is 2.14 bits per heavy atom. The van der Waals surface area contributed by atoms with Crippen molar-refractivity contribution in [3.63, 3.8) is 0 Å². The summed E-state index contributed by atoms with van der Waals surface area (Å²) in [5.74, 6) is 0. The van der Waals surface area contributed by atoms with Crippen molar-refractivity contribution in [2.24, 2.45) is 0 Å².